The van der Waals surface area contributed by atoms with E-state index in [9.17, 15) is 9.59 Å². The summed E-state index contributed by atoms with van der Waals surface area (Å²) >= 11 is 0. The van der Waals surface area contributed by atoms with E-state index in [4.69, 9.17) is 23.9 Å². The van der Waals surface area contributed by atoms with Gasteiger partial charge in [-0.05, 0) is 133 Å². The third-order valence-corrected chi connectivity index (χ3v) is 11.7. The van der Waals surface area contributed by atoms with E-state index in [1.54, 1.807) is 0 Å². The van der Waals surface area contributed by atoms with Gasteiger partial charge in [-0.25, -0.2) is 19.6 Å². The quantitative estimate of drug-likeness (QED) is 0.189. The first-order valence-electron chi connectivity index (χ1n) is 19.4. The first-order valence-corrected chi connectivity index (χ1v) is 19.4. The molecule has 2 bridgehead atoms. The molecule has 4 fully saturated rings. The number of nitrogens with one attached hydrogen (secondary N) is 2. The second kappa shape index (κ2) is 12.4. The molecule has 4 aliphatic rings. The lowest BCUT2D eigenvalue weighted by molar-refractivity contribution is 0.00595. The van der Waals surface area contributed by atoms with Crippen molar-refractivity contribution in [2.75, 3.05) is 0 Å². The molecule has 0 spiro atoms. The van der Waals surface area contributed by atoms with Gasteiger partial charge in [0, 0.05) is 17.5 Å². The number of imidazole rings is 2. The Morgan fingerprint density at radius 2 is 1.53 bits per heavy atom. The molecule has 2 aliphatic carbocycles. The van der Waals surface area contributed by atoms with Crippen molar-refractivity contribution in [2.24, 2.45) is 11.8 Å². The zero-order valence-electron chi connectivity index (χ0n) is 31.6. The number of rotatable bonds is 4. The van der Waals surface area contributed by atoms with Crippen molar-refractivity contribution in [3.05, 3.63) is 60.3 Å². The summed E-state index contributed by atoms with van der Waals surface area (Å²) in [6, 6.07) is 14.7. The summed E-state index contributed by atoms with van der Waals surface area (Å²) in [6.45, 7) is 11.5. The van der Waals surface area contributed by atoms with E-state index in [0.29, 0.717) is 17.6 Å². The molecule has 9 rings (SSSR count). The molecule has 0 radical (unpaired) electrons. The number of aromatic amines is 2. The second-order valence-electron chi connectivity index (χ2n) is 17.7. The van der Waals surface area contributed by atoms with Gasteiger partial charge >= 0.3 is 12.2 Å². The number of likely N-dealkylation sites (tertiary alicyclic amines) is 2. The highest BCUT2D eigenvalue weighted by molar-refractivity contribution is 5.89. The number of furan rings is 1. The monoisotopic (exact) mass is 718 g/mol. The molecule has 2 amide bonds. The van der Waals surface area contributed by atoms with Crippen LogP contribution in [0.15, 0.2) is 53.1 Å². The van der Waals surface area contributed by atoms with Gasteiger partial charge in [-0.3, -0.25) is 9.80 Å². The number of carbonyl (C=O) groups excluding carboxylic acids is 2. The van der Waals surface area contributed by atoms with Crippen LogP contribution >= 0.6 is 0 Å². The van der Waals surface area contributed by atoms with E-state index in [0.717, 1.165) is 95.4 Å². The first-order chi connectivity index (χ1) is 25.3. The Kier molecular flexibility index (Phi) is 7.94. The van der Waals surface area contributed by atoms with Crippen molar-refractivity contribution in [2.45, 2.75) is 128 Å². The van der Waals surface area contributed by atoms with Crippen molar-refractivity contribution in [3.63, 3.8) is 0 Å². The van der Waals surface area contributed by atoms with Crippen LogP contribution in [0.2, 0.25) is 0 Å². The fraction of sp³-hybridized carbons (Fsp3) is 0.524. The molecule has 2 saturated heterocycles. The van der Waals surface area contributed by atoms with Gasteiger partial charge in [0.1, 0.15) is 34.1 Å². The van der Waals surface area contributed by atoms with Crippen LogP contribution in [0.1, 0.15) is 117 Å². The number of fused-ring (bicyclic) bond motifs is 5. The summed E-state index contributed by atoms with van der Waals surface area (Å²) in [5.74, 6) is 3.13. The zero-order chi connectivity index (χ0) is 36.8. The van der Waals surface area contributed by atoms with Gasteiger partial charge in [-0.2, -0.15) is 0 Å². The molecule has 11 heteroatoms. The van der Waals surface area contributed by atoms with E-state index >= 15 is 0 Å². The number of benzene rings is 2. The van der Waals surface area contributed by atoms with E-state index < -0.39 is 11.2 Å². The molecule has 2 N–H and O–H groups in total. The Labute approximate surface area is 309 Å². The van der Waals surface area contributed by atoms with Crippen LogP contribution < -0.4 is 0 Å². The Morgan fingerprint density at radius 1 is 0.792 bits per heavy atom. The minimum atomic E-state index is -0.566. The van der Waals surface area contributed by atoms with Crippen LogP contribution in [0.25, 0.3) is 44.6 Å². The highest BCUT2D eigenvalue weighted by atomic mass is 16.6. The summed E-state index contributed by atoms with van der Waals surface area (Å²) in [5.41, 5.74) is 4.38. The van der Waals surface area contributed by atoms with Gasteiger partial charge in [-0.15, -0.1) is 0 Å². The third kappa shape index (κ3) is 6.25. The minimum absolute atomic E-state index is 0.110. The van der Waals surface area contributed by atoms with E-state index in [2.05, 4.69) is 34.2 Å². The summed E-state index contributed by atoms with van der Waals surface area (Å²) in [4.78, 5) is 47.6. The van der Waals surface area contributed by atoms with Crippen LogP contribution in [0.4, 0.5) is 9.59 Å². The maximum absolute atomic E-state index is 13.5. The lowest BCUT2D eigenvalue weighted by Crippen LogP contribution is -2.43. The normalized spacial score (nSPS) is 25.8. The molecular formula is C42H50N6O5. The molecule has 11 nitrogen and oxygen atoms in total. The van der Waals surface area contributed by atoms with Gasteiger partial charge in [0.2, 0.25) is 0 Å². The summed E-state index contributed by atoms with van der Waals surface area (Å²) in [7, 11) is 0. The van der Waals surface area contributed by atoms with Crippen molar-refractivity contribution < 1.29 is 23.5 Å². The topological polar surface area (TPSA) is 130 Å². The molecule has 2 aromatic carbocycles. The van der Waals surface area contributed by atoms with Crippen molar-refractivity contribution in [1.29, 1.82) is 0 Å². The van der Waals surface area contributed by atoms with Crippen LogP contribution in [0.3, 0.4) is 0 Å². The van der Waals surface area contributed by atoms with Crippen LogP contribution in [0, 0.1) is 11.8 Å². The zero-order valence-corrected chi connectivity index (χ0v) is 31.6. The van der Waals surface area contributed by atoms with Gasteiger partial charge in [0.25, 0.3) is 0 Å². The molecule has 2 saturated carbocycles. The predicted octanol–water partition coefficient (Wildman–Crippen LogP) is 10.1. The molecule has 5 heterocycles. The lowest BCUT2D eigenvalue weighted by Gasteiger charge is -2.35. The number of carbonyl (C=O) groups is 2. The number of piperidine rings is 1. The molecule has 53 heavy (non-hydrogen) atoms. The SMILES string of the molecule is CC(C)(C)OC(=O)N1C2CCC(C2)[C@H]1c1nc2ccc(-c3ccc4oc(-c5cnc([C@@H]6CC7CCCCC7N6C(=O)OC(C)(C)C)[nH]5)cc4c3)cc2[nH]1. The summed E-state index contributed by atoms with van der Waals surface area (Å²) < 4.78 is 18.0. The fourth-order valence-corrected chi connectivity index (χ4v) is 9.53. The predicted molar refractivity (Wildman–Crippen MR) is 202 cm³/mol. The molecule has 2 aliphatic heterocycles. The van der Waals surface area contributed by atoms with E-state index in [1.807, 2.05) is 75.7 Å². The molecule has 5 aromatic rings. The van der Waals surface area contributed by atoms with Gasteiger partial charge in [-0.1, -0.05) is 25.0 Å². The summed E-state index contributed by atoms with van der Waals surface area (Å²) in [5, 5.41) is 0.983. The molecule has 4 unspecified atom stereocenters. The maximum atomic E-state index is 13.5. The average molecular weight is 719 g/mol. The van der Waals surface area contributed by atoms with Crippen LogP contribution in [0.5, 0.6) is 0 Å². The summed E-state index contributed by atoms with van der Waals surface area (Å²) in [6.07, 6.45) is 9.73. The standard InChI is InChI=1S/C42H50N6O5/c1-41(2,3)52-39(49)47-28-14-11-26(18-28)36(47)38-44-29-15-12-24(19-30(29)45-38)23-13-16-34-27(17-23)21-35(51-34)31-22-43-37(46-31)33-20-25-9-7-8-10-32(25)48(33)40(50)53-42(4,5)6/h12-13,15-17,19,21-22,25-26,28,32-33,36H,7-11,14,18,20H2,1-6H3,(H,43,46)(H,44,45)/t25?,26?,28?,32?,33-,36-/m0/s1. The van der Waals surface area contributed by atoms with E-state index in [1.165, 1.54) is 6.42 Å². The lowest BCUT2D eigenvalue weighted by atomic mass is 9.85. The highest BCUT2D eigenvalue weighted by Gasteiger charge is 2.51. The number of hydrogen-bond acceptors (Lipinski definition) is 7. The Morgan fingerprint density at radius 3 is 2.32 bits per heavy atom. The van der Waals surface area contributed by atoms with Gasteiger partial charge < -0.3 is 23.9 Å². The van der Waals surface area contributed by atoms with Crippen molar-refractivity contribution in [3.8, 4) is 22.6 Å². The number of aromatic nitrogens is 4. The van der Waals surface area contributed by atoms with Crippen LogP contribution in [-0.2, 0) is 9.47 Å². The smallest absolute Gasteiger partial charge is 0.411 e. The fourth-order valence-electron chi connectivity index (χ4n) is 9.53. The molecule has 6 atom stereocenters. The molecule has 278 valence electrons. The highest BCUT2D eigenvalue weighted by Crippen LogP contribution is 2.51. The number of ether oxygens (including phenoxy) is 2. The third-order valence-electron chi connectivity index (χ3n) is 11.7. The van der Waals surface area contributed by atoms with Crippen molar-refractivity contribution in [1.82, 2.24) is 29.7 Å². The van der Waals surface area contributed by atoms with E-state index in [-0.39, 0.29) is 36.4 Å². The maximum Gasteiger partial charge on any atom is 0.411 e. The first kappa shape index (κ1) is 34.0. The van der Waals surface area contributed by atoms with Crippen LogP contribution in [-0.4, -0.2) is 65.2 Å². The van der Waals surface area contributed by atoms with Gasteiger partial charge in [0.05, 0.1) is 29.3 Å². The molecular weight excluding hydrogens is 668 g/mol. The second-order valence-corrected chi connectivity index (χ2v) is 17.7. The number of amides is 2. The molecule has 3 aromatic heterocycles. The number of nitrogens with zero attached hydrogens (tertiary/aromatic N) is 4. The average Bonchev–Trinajstić information content (AvgIpc) is 3.95. The Hall–Kier alpha value is -4.80. The minimum Gasteiger partial charge on any atom is -0.454 e. The largest absolute Gasteiger partial charge is 0.454 e. The number of hydrogen-bond donors (Lipinski definition) is 2. The van der Waals surface area contributed by atoms with Crippen molar-refractivity contribution >= 4 is 34.2 Å². The Bertz CT molecular complexity index is 2200. The number of H-pyrrole nitrogens is 2. The van der Waals surface area contributed by atoms with Gasteiger partial charge in [0.15, 0.2) is 5.76 Å². The Balaban J connectivity index is 0.964.